The Hall–Kier alpha value is -1.76. The average molecular weight is 358 g/mol. The topological polar surface area (TPSA) is 84.9 Å². The Morgan fingerprint density at radius 3 is 2.57 bits per heavy atom. The summed E-state index contributed by atoms with van der Waals surface area (Å²) < 4.78 is 11.2. The number of carboxylic acids is 1. The number of hydrogen-bond donors (Lipinski definition) is 2. The third kappa shape index (κ3) is 3.12. The second-order valence-electron chi connectivity index (χ2n) is 4.76. The first kappa shape index (κ1) is 15.6. The number of hydrogen-bond acceptors (Lipinski definition) is 4. The molecule has 0 unspecified atom stereocenters. The molecule has 0 saturated heterocycles. The van der Waals surface area contributed by atoms with Crippen molar-refractivity contribution in [2.45, 2.75) is 25.3 Å². The van der Waals surface area contributed by atoms with Crippen molar-refractivity contribution in [1.82, 2.24) is 5.32 Å². The van der Waals surface area contributed by atoms with Crippen molar-refractivity contribution in [2.24, 2.45) is 0 Å². The Morgan fingerprint density at radius 2 is 2.10 bits per heavy atom. The van der Waals surface area contributed by atoms with E-state index in [0.717, 1.165) is 0 Å². The predicted molar refractivity (Wildman–Crippen MR) is 78.9 cm³/mol. The molecule has 114 valence electrons. The van der Waals surface area contributed by atoms with E-state index in [-0.39, 0.29) is 0 Å². The number of carboxylic acid groups (broad SMARTS) is 1. The van der Waals surface area contributed by atoms with Crippen LogP contribution in [0, 0.1) is 0 Å². The van der Waals surface area contributed by atoms with Gasteiger partial charge in [-0.2, -0.15) is 0 Å². The highest BCUT2D eigenvalue weighted by atomic mass is 79.9. The Kier molecular flexibility index (Phi) is 4.41. The molecule has 2 N–H and O–H groups in total. The summed E-state index contributed by atoms with van der Waals surface area (Å²) in [6, 6.07) is 3.11. The molecule has 0 spiro atoms. The summed E-state index contributed by atoms with van der Waals surface area (Å²) in [7, 11) is 1.48. The quantitative estimate of drug-likeness (QED) is 0.815. The molecule has 6 nitrogen and oxygen atoms in total. The van der Waals surface area contributed by atoms with E-state index in [1.807, 2.05) is 6.92 Å². The highest BCUT2D eigenvalue weighted by molar-refractivity contribution is 9.10. The van der Waals surface area contributed by atoms with Gasteiger partial charge in [-0.3, -0.25) is 4.79 Å². The van der Waals surface area contributed by atoms with Crippen molar-refractivity contribution < 1.29 is 24.2 Å². The van der Waals surface area contributed by atoms with Crippen LogP contribution in [0.2, 0.25) is 0 Å². The fourth-order valence-corrected chi connectivity index (χ4v) is 2.50. The molecule has 0 atom stereocenters. The molecule has 1 aliphatic rings. The van der Waals surface area contributed by atoms with Crippen molar-refractivity contribution in [1.29, 1.82) is 0 Å². The van der Waals surface area contributed by atoms with E-state index in [1.54, 1.807) is 6.07 Å². The highest BCUT2D eigenvalue weighted by Gasteiger charge is 2.51. The lowest BCUT2D eigenvalue weighted by atomic mass is 10.1. The zero-order valence-electron chi connectivity index (χ0n) is 11.7. The number of benzene rings is 1. The zero-order valence-corrected chi connectivity index (χ0v) is 13.3. The van der Waals surface area contributed by atoms with Crippen LogP contribution in [-0.4, -0.2) is 36.2 Å². The lowest BCUT2D eigenvalue weighted by molar-refractivity contribution is -0.140. The van der Waals surface area contributed by atoms with E-state index in [9.17, 15) is 9.59 Å². The summed E-state index contributed by atoms with van der Waals surface area (Å²) in [6.45, 7) is 2.30. The molecule has 1 aromatic carbocycles. The molecule has 0 heterocycles. The maximum absolute atomic E-state index is 12.2. The molecule has 1 amide bonds. The average Bonchev–Trinajstić information content (AvgIpc) is 3.21. The molecule has 1 fully saturated rings. The Morgan fingerprint density at radius 1 is 1.43 bits per heavy atom. The van der Waals surface area contributed by atoms with Crippen LogP contribution >= 0.6 is 15.9 Å². The van der Waals surface area contributed by atoms with Gasteiger partial charge in [0.1, 0.15) is 5.54 Å². The monoisotopic (exact) mass is 357 g/mol. The van der Waals surface area contributed by atoms with Crippen molar-refractivity contribution in [3.05, 3.63) is 22.2 Å². The van der Waals surface area contributed by atoms with Gasteiger partial charge >= 0.3 is 5.97 Å². The van der Waals surface area contributed by atoms with Crippen LogP contribution in [0.25, 0.3) is 0 Å². The normalized spacial score (nSPS) is 15.2. The van der Waals surface area contributed by atoms with E-state index in [0.29, 0.717) is 41.0 Å². The van der Waals surface area contributed by atoms with E-state index < -0.39 is 17.4 Å². The predicted octanol–water partition coefficient (Wildman–Crippen LogP) is 2.20. The summed E-state index contributed by atoms with van der Waals surface area (Å²) in [6.07, 6.45) is 0.896. The van der Waals surface area contributed by atoms with E-state index in [1.165, 1.54) is 13.2 Å². The molecule has 1 aromatic rings. The van der Waals surface area contributed by atoms with Crippen LogP contribution in [0.15, 0.2) is 16.6 Å². The van der Waals surface area contributed by atoms with E-state index in [4.69, 9.17) is 14.6 Å². The van der Waals surface area contributed by atoms with Crippen LogP contribution in [0.1, 0.15) is 30.1 Å². The number of rotatable bonds is 6. The van der Waals surface area contributed by atoms with Gasteiger partial charge in [0.15, 0.2) is 11.5 Å². The largest absolute Gasteiger partial charge is 0.493 e. The maximum atomic E-state index is 12.2. The van der Waals surface area contributed by atoms with Gasteiger partial charge in [-0.25, -0.2) is 4.79 Å². The highest BCUT2D eigenvalue weighted by Crippen LogP contribution is 2.38. The first-order valence-electron chi connectivity index (χ1n) is 6.49. The van der Waals surface area contributed by atoms with Gasteiger partial charge in [0.2, 0.25) is 0 Å². The number of nitrogens with one attached hydrogen (secondary N) is 1. The lowest BCUT2D eigenvalue weighted by Crippen LogP contribution is -2.43. The molecule has 0 bridgehead atoms. The van der Waals surface area contributed by atoms with Crippen molar-refractivity contribution in [3.63, 3.8) is 0 Å². The number of halogens is 1. The van der Waals surface area contributed by atoms with E-state index in [2.05, 4.69) is 21.2 Å². The molecule has 7 heteroatoms. The molecule has 2 rings (SSSR count). The summed E-state index contributed by atoms with van der Waals surface area (Å²) in [5.41, 5.74) is -0.801. The molecule has 0 radical (unpaired) electrons. The third-order valence-electron chi connectivity index (χ3n) is 3.29. The van der Waals surface area contributed by atoms with Gasteiger partial charge < -0.3 is 19.9 Å². The SMILES string of the molecule is CCOc1c(Br)cc(C(=O)NC2(C(=O)O)CC2)cc1OC. The fraction of sp³-hybridized carbons (Fsp3) is 0.429. The van der Waals surface area contributed by atoms with Gasteiger partial charge in [0, 0.05) is 5.56 Å². The number of methoxy groups -OCH3 is 1. The van der Waals surface area contributed by atoms with Crippen LogP contribution in [0.5, 0.6) is 11.5 Å². The van der Waals surface area contributed by atoms with Crippen LogP contribution in [0.3, 0.4) is 0 Å². The van der Waals surface area contributed by atoms with E-state index >= 15 is 0 Å². The Bertz CT molecular complexity index is 583. The fourth-order valence-electron chi connectivity index (χ4n) is 1.94. The number of carbonyl (C=O) groups excluding carboxylic acids is 1. The number of aliphatic carboxylic acids is 1. The number of carbonyl (C=O) groups is 2. The number of amides is 1. The van der Waals surface area contributed by atoms with Crippen molar-refractivity contribution >= 4 is 27.8 Å². The standard InChI is InChI=1S/C14H16BrNO5/c1-3-21-11-9(15)6-8(7-10(11)20-2)12(17)16-14(4-5-14)13(18)19/h6-7H,3-5H2,1-2H3,(H,16,17)(H,18,19). The van der Waals surface area contributed by atoms with Gasteiger partial charge in [0.25, 0.3) is 5.91 Å². The van der Waals surface area contributed by atoms with Gasteiger partial charge in [-0.1, -0.05) is 0 Å². The zero-order chi connectivity index (χ0) is 15.6. The summed E-state index contributed by atoms with van der Waals surface area (Å²) in [4.78, 5) is 23.3. The molecule has 0 aliphatic heterocycles. The Balaban J connectivity index is 2.26. The maximum Gasteiger partial charge on any atom is 0.329 e. The molecule has 21 heavy (non-hydrogen) atoms. The van der Waals surface area contributed by atoms with Crippen LogP contribution < -0.4 is 14.8 Å². The van der Waals surface area contributed by atoms with Gasteiger partial charge in [-0.05, 0) is 47.8 Å². The van der Waals surface area contributed by atoms with Gasteiger partial charge in [-0.15, -0.1) is 0 Å². The minimum Gasteiger partial charge on any atom is -0.493 e. The lowest BCUT2D eigenvalue weighted by Gasteiger charge is -2.15. The van der Waals surface area contributed by atoms with Crippen molar-refractivity contribution in [2.75, 3.05) is 13.7 Å². The number of ether oxygens (including phenoxy) is 2. The van der Waals surface area contributed by atoms with Crippen LogP contribution in [-0.2, 0) is 4.79 Å². The second kappa shape index (κ2) is 5.93. The summed E-state index contributed by atoms with van der Waals surface area (Å²) in [5, 5.41) is 11.7. The smallest absolute Gasteiger partial charge is 0.329 e. The summed E-state index contributed by atoms with van der Waals surface area (Å²) in [5.74, 6) is -0.530. The van der Waals surface area contributed by atoms with Crippen molar-refractivity contribution in [3.8, 4) is 11.5 Å². The first-order chi connectivity index (χ1) is 9.93. The molecule has 1 aliphatic carbocycles. The molecular formula is C14H16BrNO5. The minimum atomic E-state index is -1.12. The molecule has 1 saturated carbocycles. The third-order valence-corrected chi connectivity index (χ3v) is 3.88. The Labute approximate surface area is 130 Å². The summed E-state index contributed by atoms with van der Waals surface area (Å²) >= 11 is 3.33. The van der Waals surface area contributed by atoms with Crippen LogP contribution in [0.4, 0.5) is 0 Å². The molecule has 0 aromatic heterocycles. The van der Waals surface area contributed by atoms with Gasteiger partial charge in [0.05, 0.1) is 18.2 Å². The first-order valence-corrected chi connectivity index (χ1v) is 7.29. The minimum absolute atomic E-state index is 0.315. The molecular weight excluding hydrogens is 342 g/mol. The second-order valence-corrected chi connectivity index (χ2v) is 5.62.